The van der Waals surface area contributed by atoms with E-state index in [0.717, 1.165) is 65.9 Å². The predicted octanol–water partition coefficient (Wildman–Crippen LogP) is 3.56. The van der Waals surface area contributed by atoms with Gasteiger partial charge >= 0.3 is 0 Å². The summed E-state index contributed by atoms with van der Waals surface area (Å²) < 4.78 is 7.60. The first-order valence-corrected chi connectivity index (χ1v) is 9.24. The lowest BCUT2D eigenvalue weighted by Crippen LogP contribution is -2.37. The highest BCUT2D eigenvalue weighted by Crippen LogP contribution is 2.35. The zero-order chi connectivity index (χ0) is 18.2. The van der Waals surface area contributed by atoms with Gasteiger partial charge in [-0.15, -0.1) is 0 Å². The lowest BCUT2D eigenvalue weighted by molar-refractivity contribution is 0.122. The van der Waals surface area contributed by atoms with E-state index in [1.807, 2.05) is 48.0 Å². The molecule has 4 aromatic rings. The summed E-state index contributed by atoms with van der Waals surface area (Å²) in [4.78, 5) is 10.7. The number of hydrogen-bond donors (Lipinski definition) is 1. The molecule has 0 aliphatic carbocycles. The van der Waals surface area contributed by atoms with Gasteiger partial charge in [0.15, 0.2) is 0 Å². The maximum absolute atomic E-state index is 5.57. The fourth-order valence-electron chi connectivity index (χ4n) is 3.68. The average Bonchev–Trinajstić information content (AvgIpc) is 3.30. The summed E-state index contributed by atoms with van der Waals surface area (Å²) in [5.74, 6) is 1.93. The van der Waals surface area contributed by atoms with Gasteiger partial charge in [-0.25, -0.2) is 9.67 Å². The van der Waals surface area contributed by atoms with Crippen LogP contribution in [0.25, 0.3) is 28.1 Å². The topological polar surface area (TPSA) is 59.0 Å². The SMILES string of the molecule is Cc1nn(-c2ccccc2)c(N2CCOCC2)c1-c1nc2ccccc2[nH]1. The zero-order valence-electron chi connectivity index (χ0n) is 15.2. The molecular formula is C21H21N5O. The third-order valence-electron chi connectivity index (χ3n) is 4.97. The summed E-state index contributed by atoms with van der Waals surface area (Å²) in [5, 5.41) is 4.88. The summed E-state index contributed by atoms with van der Waals surface area (Å²) in [6, 6.07) is 18.4. The van der Waals surface area contributed by atoms with Crippen LogP contribution in [0.2, 0.25) is 0 Å². The van der Waals surface area contributed by atoms with Crippen molar-refractivity contribution in [3.63, 3.8) is 0 Å². The van der Waals surface area contributed by atoms with Crippen molar-refractivity contribution in [3.8, 4) is 17.1 Å². The normalized spacial score (nSPS) is 14.8. The minimum Gasteiger partial charge on any atom is -0.378 e. The molecule has 1 N–H and O–H groups in total. The minimum atomic E-state index is 0.721. The van der Waals surface area contributed by atoms with E-state index in [1.54, 1.807) is 0 Å². The van der Waals surface area contributed by atoms with Crippen molar-refractivity contribution in [1.82, 2.24) is 19.7 Å². The molecule has 0 radical (unpaired) electrons. The fraction of sp³-hybridized carbons (Fsp3) is 0.238. The first-order chi connectivity index (χ1) is 13.3. The zero-order valence-corrected chi connectivity index (χ0v) is 15.2. The molecule has 6 heteroatoms. The highest BCUT2D eigenvalue weighted by Gasteiger charge is 2.26. The molecule has 0 amide bonds. The highest BCUT2D eigenvalue weighted by molar-refractivity contribution is 5.84. The van der Waals surface area contributed by atoms with E-state index in [4.69, 9.17) is 14.8 Å². The Balaban J connectivity index is 1.73. The van der Waals surface area contributed by atoms with E-state index in [9.17, 15) is 0 Å². The Kier molecular flexibility index (Phi) is 3.90. The molecule has 136 valence electrons. The van der Waals surface area contributed by atoms with Crippen molar-refractivity contribution in [2.24, 2.45) is 0 Å². The van der Waals surface area contributed by atoms with Crippen LogP contribution in [0.3, 0.4) is 0 Å². The Labute approximate surface area is 157 Å². The van der Waals surface area contributed by atoms with E-state index in [0.29, 0.717) is 0 Å². The van der Waals surface area contributed by atoms with Crippen LogP contribution in [0.15, 0.2) is 54.6 Å². The van der Waals surface area contributed by atoms with Crippen molar-refractivity contribution in [3.05, 3.63) is 60.3 Å². The number of benzene rings is 2. The molecular weight excluding hydrogens is 338 g/mol. The molecule has 0 bridgehead atoms. The molecule has 1 aliphatic rings. The molecule has 2 aromatic carbocycles. The van der Waals surface area contributed by atoms with Gasteiger partial charge in [-0.3, -0.25) is 0 Å². The van der Waals surface area contributed by atoms with Crippen LogP contribution in [0.1, 0.15) is 5.69 Å². The second-order valence-electron chi connectivity index (χ2n) is 6.73. The van der Waals surface area contributed by atoms with Crippen LogP contribution in [0.4, 0.5) is 5.82 Å². The quantitative estimate of drug-likeness (QED) is 0.608. The smallest absolute Gasteiger partial charge is 0.144 e. The Bertz CT molecular complexity index is 1040. The van der Waals surface area contributed by atoms with E-state index in [2.05, 4.69) is 28.1 Å². The summed E-state index contributed by atoms with van der Waals surface area (Å²) in [6.07, 6.45) is 0. The molecule has 1 fully saturated rings. The second-order valence-corrected chi connectivity index (χ2v) is 6.73. The van der Waals surface area contributed by atoms with Gasteiger partial charge in [0.2, 0.25) is 0 Å². The molecule has 0 spiro atoms. The fourth-order valence-corrected chi connectivity index (χ4v) is 3.68. The summed E-state index contributed by atoms with van der Waals surface area (Å²) in [6.45, 7) is 5.17. The van der Waals surface area contributed by atoms with Crippen molar-refractivity contribution in [2.45, 2.75) is 6.92 Å². The van der Waals surface area contributed by atoms with Gasteiger partial charge in [0.1, 0.15) is 11.6 Å². The molecule has 0 unspecified atom stereocenters. The first kappa shape index (κ1) is 16.1. The number of H-pyrrole nitrogens is 1. The minimum absolute atomic E-state index is 0.721. The molecule has 0 atom stereocenters. The molecule has 1 aliphatic heterocycles. The van der Waals surface area contributed by atoms with Crippen LogP contribution >= 0.6 is 0 Å². The van der Waals surface area contributed by atoms with Crippen molar-refractivity contribution in [1.29, 1.82) is 0 Å². The predicted molar refractivity (Wildman–Crippen MR) is 106 cm³/mol. The largest absolute Gasteiger partial charge is 0.378 e. The molecule has 6 nitrogen and oxygen atoms in total. The number of nitrogens with zero attached hydrogens (tertiary/aromatic N) is 4. The van der Waals surface area contributed by atoms with Gasteiger partial charge in [-0.1, -0.05) is 30.3 Å². The van der Waals surface area contributed by atoms with Gasteiger partial charge in [-0.2, -0.15) is 5.10 Å². The number of anilines is 1. The number of imidazole rings is 1. The number of para-hydroxylation sites is 3. The Morgan fingerprint density at radius 1 is 0.963 bits per heavy atom. The molecule has 27 heavy (non-hydrogen) atoms. The Morgan fingerprint density at radius 3 is 2.48 bits per heavy atom. The summed E-state index contributed by atoms with van der Waals surface area (Å²) >= 11 is 0. The Hall–Kier alpha value is -3.12. The van der Waals surface area contributed by atoms with Crippen LogP contribution in [-0.2, 0) is 4.74 Å². The number of fused-ring (bicyclic) bond motifs is 1. The van der Waals surface area contributed by atoms with Crippen molar-refractivity contribution < 1.29 is 4.74 Å². The third-order valence-corrected chi connectivity index (χ3v) is 4.97. The average molecular weight is 359 g/mol. The van der Waals surface area contributed by atoms with Crippen LogP contribution in [0, 0.1) is 6.92 Å². The lowest BCUT2D eigenvalue weighted by atomic mass is 10.2. The van der Waals surface area contributed by atoms with E-state index in [1.165, 1.54) is 0 Å². The van der Waals surface area contributed by atoms with Crippen molar-refractivity contribution in [2.75, 3.05) is 31.2 Å². The Morgan fingerprint density at radius 2 is 1.70 bits per heavy atom. The number of ether oxygens (including phenoxy) is 1. The van der Waals surface area contributed by atoms with E-state index >= 15 is 0 Å². The van der Waals surface area contributed by atoms with Crippen LogP contribution in [-0.4, -0.2) is 46.1 Å². The van der Waals surface area contributed by atoms with Crippen LogP contribution < -0.4 is 4.90 Å². The number of aromatic nitrogens is 4. The third kappa shape index (κ3) is 2.78. The molecule has 1 saturated heterocycles. The van der Waals surface area contributed by atoms with Gasteiger partial charge in [-0.05, 0) is 31.2 Å². The van der Waals surface area contributed by atoms with Gasteiger partial charge in [0.05, 0.1) is 41.2 Å². The van der Waals surface area contributed by atoms with E-state index < -0.39 is 0 Å². The first-order valence-electron chi connectivity index (χ1n) is 9.24. The number of morpholine rings is 1. The molecule has 0 saturated carbocycles. The number of rotatable bonds is 3. The number of aromatic amines is 1. The number of aryl methyl sites for hydroxylation is 1. The van der Waals surface area contributed by atoms with Crippen LogP contribution in [0.5, 0.6) is 0 Å². The maximum atomic E-state index is 5.57. The molecule has 3 heterocycles. The second kappa shape index (κ2) is 6.55. The number of nitrogens with one attached hydrogen (secondary N) is 1. The summed E-state index contributed by atoms with van der Waals surface area (Å²) in [7, 11) is 0. The standard InChI is InChI=1S/C21H21N5O/c1-15-19(20-22-17-9-5-6-10-18(17)23-20)21(25-11-13-27-14-12-25)26(24-15)16-7-3-2-4-8-16/h2-10H,11-14H2,1H3,(H,22,23). The highest BCUT2D eigenvalue weighted by atomic mass is 16.5. The number of hydrogen-bond acceptors (Lipinski definition) is 4. The molecule has 2 aromatic heterocycles. The van der Waals surface area contributed by atoms with Gasteiger partial charge < -0.3 is 14.6 Å². The monoisotopic (exact) mass is 359 g/mol. The van der Waals surface area contributed by atoms with E-state index in [-0.39, 0.29) is 0 Å². The lowest BCUT2D eigenvalue weighted by Gasteiger charge is -2.30. The van der Waals surface area contributed by atoms with Gasteiger partial charge in [0, 0.05) is 13.1 Å². The maximum Gasteiger partial charge on any atom is 0.144 e. The van der Waals surface area contributed by atoms with Gasteiger partial charge in [0.25, 0.3) is 0 Å². The molecule has 5 rings (SSSR count). The summed E-state index contributed by atoms with van der Waals surface area (Å²) in [5.41, 5.74) is 5.06. The van der Waals surface area contributed by atoms with Crippen molar-refractivity contribution >= 4 is 16.9 Å².